The molecule has 0 saturated heterocycles. The number of esters is 1. The third kappa shape index (κ3) is 3.64. The number of aromatic nitrogens is 1. The highest BCUT2D eigenvalue weighted by Gasteiger charge is 2.19. The molecule has 0 aliphatic carbocycles. The molecule has 0 aliphatic rings. The number of carbonyl (C=O) groups excluding carboxylic acids is 1. The molecule has 0 bridgehead atoms. The molecular formula is C25H19NO5. The van der Waals surface area contributed by atoms with Crippen LogP contribution >= 0.6 is 0 Å². The van der Waals surface area contributed by atoms with Gasteiger partial charge in [-0.1, -0.05) is 53.7 Å². The van der Waals surface area contributed by atoms with E-state index in [1.807, 2.05) is 67.6 Å². The van der Waals surface area contributed by atoms with Crippen molar-refractivity contribution in [3.8, 4) is 17.3 Å². The van der Waals surface area contributed by atoms with Gasteiger partial charge in [-0.2, -0.15) is 0 Å². The van der Waals surface area contributed by atoms with Crippen molar-refractivity contribution in [2.24, 2.45) is 0 Å². The van der Waals surface area contributed by atoms with Gasteiger partial charge in [0.1, 0.15) is 29.2 Å². The Labute approximate surface area is 178 Å². The van der Waals surface area contributed by atoms with Crippen molar-refractivity contribution in [2.45, 2.75) is 13.5 Å². The van der Waals surface area contributed by atoms with Crippen LogP contribution < -0.4 is 4.74 Å². The van der Waals surface area contributed by atoms with Crippen molar-refractivity contribution in [3.63, 3.8) is 0 Å². The lowest BCUT2D eigenvalue weighted by Gasteiger charge is -2.12. The SMILES string of the molecule is CCOc1ccc2ccccc2c1C(=O)OCc1cc(-c2cc3ccccc3o2)on1. The van der Waals surface area contributed by atoms with Crippen molar-refractivity contribution in [1.82, 2.24) is 5.16 Å². The molecule has 0 N–H and O–H groups in total. The maximum Gasteiger partial charge on any atom is 0.342 e. The lowest BCUT2D eigenvalue weighted by atomic mass is 10.0. The van der Waals surface area contributed by atoms with Crippen LogP contribution in [-0.4, -0.2) is 17.7 Å². The van der Waals surface area contributed by atoms with Gasteiger partial charge < -0.3 is 18.4 Å². The zero-order chi connectivity index (χ0) is 21.2. The van der Waals surface area contributed by atoms with Crippen LogP contribution in [0.3, 0.4) is 0 Å². The van der Waals surface area contributed by atoms with Crippen LogP contribution in [0.25, 0.3) is 33.3 Å². The van der Waals surface area contributed by atoms with E-state index in [0.717, 1.165) is 21.7 Å². The predicted octanol–water partition coefficient (Wildman–Crippen LogP) is 6.00. The minimum Gasteiger partial charge on any atom is -0.493 e. The highest BCUT2D eigenvalue weighted by molar-refractivity contribution is 6.07. The molecule has 3 aromatic carbocycles. The smallest absolute Gasteiger partial charge is 0.342 e. The standard InChI is InChI=1S/C25H19NO5/c1-2-28-21-12-11-16-7-3-5-9-19(16)24(21)25(27)29-15-18-14-23(31-26-18)22-13-17-8-4-6-10-20(17)30-22/h3-14H,2,15H2,1H3. The summed E-state index contributed by atoms with van der Waals surface area (Å²) in [4.78, 5) is 12.9. The van der Waals surface area contributed by atoms with Crippen LogP contribution in [-0.2, 0) is 11.3 Å². The summed E-state index contributed by atoms with van der Waals surface area (Å²) in [6.07, 6.45) is 0. The summed E-state index contributed by atoms with van der Waals surface area (Å²) in [7, 11) is 0. The molecule has 6 heteroatoms. The van der Waals surface area contributed by atoms with Crippen LogP contribution in [0.4, 0.5) is 0 Å². The number of benzene rings is 3. The van der Waals surface area contributed by atoms with Crippen LogP contribution in [0, 0.1) is 0 Å². The molecule has 0 saturated carbocycles. The molecular weight excluding hydrogens is 394 g/mol. The van der Waals surface area contributed by atoms with Gasteiger partial charge in [0, 0.05) is 11.5 Å². The lowest BCUT2D eigenvalue weighted by Crippen LogP contribution is -2.09. The van der Waals surface area contributed by atoms with E-state index in [2.05, 4.69) is 5.16 Å². The minimum absolute atomic E-state index is 0.0304. The summed E-state index contributed by atoms with van der Waals surface area (Å²) in [6.45, 7) is 2.29. The van der Waals surface area contributed by atoms with Crippen LogP contribution in [0.1, 0.15) is 23.0 Å². The lowest BCUT2D eigenvalue weighted by molar-refractivity contribution is 0.0462. The van der Waals surface area contributed by atoms with Gasteiger partial charge in [0.2, 0.25) is 5.76 Å². The predicted molar refractivity (Wildman–Crippen MR) is 116 cm³/mol. The van der Waals surface area contributed by atoms with Gasteiger partial charge in [0.15, 0.2) is 5.76 Å². The van der Waals surface area contributed by atoms with Crippen molar-refractivity contribution < 1.29 is 23.2 Å². The molecule has 0 aliphatic heterocycles. The Hall–Kier alpha value is -4.06. The van der Waals surface area contributed by atoms with E-state index in [-0.39, 0.29) is 6.61 Å². The molecule has 2 heterocycles. The van der Waals surface area contributed by atoms with Gasteiger partial charge >= 0.3 is 5.97 Å². The molecule has 0 spiro atoms. The summed E-state index contributed by atoms with van der Waals surface area (Å²) in [6, 6.07) is 22.6. The monoisotopic (exact) mass is 413 g/mol. The van der Waals surface area contributed by atoms with Crippen LogP contribution in [0.2, 0.25) is 0 Å². The number of hydrogen-bond acceptors (Lipinski definition) is 6. The van der Waals surface area contributed by atoms with E-state index in [9.17, 15) is 4.79 Å². The summed E-state index contributed by atoms with van der Waals surface area (Å²) < 4.78 is 22.4. The van der Waals surface area contributed by atoms with E-state index in [0.29, 0.717) is 35.1 Å². The molecule has 154 valence electrons. The fourth-order valence-electron chi connectivity index (χ4n) is 3.55. The van der Waals surface area contributed by atoms with Crippen LogP contribution in [0.5, 0.6) is 5.75 Å². The highest BCUT2D eigenvalue weighted by Crippen LogP contribution is 2.30. The average Bonchev–Trinajstić information content (AvgIpc) is 3.44. The molecule has 0 fully saturated rings. The molecule has 0 radical (unpaired) electrons. The number of nitrogens with zero attached hydrogens (tertiary/aromatic N) is 1. The fourth-order valence-corrected chi connectivity index (χ4v) is 3.55. The molecule has 5 aromatic rings. The van der Waals surface area contributed by atoms with E-state index in [1.54, 1.807) is 12.1 Å². The van der Waals surface area contributed by atoms with Crippen LogP contribution in [0.15, 0.2) is 81.7 Å². The molecule has 0 unspecified atom stereocenters. The van der Waals surface area contributed by atoms with Gasteiger partial charge in [0.05, 0.1) is 6.61 Å². The molecule has 2 aromatic heterocycles. The summed E-state index contributed by atoms with van der Waals surface area (Å²) in [5.74, 6) is 1.06. The maximum absolute atomic E-state index is 12.9. The number of carbonyl (C=O) groups is 1. The zero-order valence-corrected chi connectivity index (χ0v) is 16.8. The minimum atomic E-state index is -0.478. The second kappa shape index (κ2) is 7.99. The fraction of sp³-hybridized carbons (Fsp3) is 0.120. The highest BCUT2D eigenvalue weighted by atomic mass is 16.5. The molecule has 0 atom stereocenters. The second-order valence-electron chi connectivity index (χ2n) is 7.00. The molecule has 0 amide bonds. The Morgan fingerprint density at radius 1 is 0.935 bits per heavy atom. The second-order valence-corrected chi connectivity index (χ2v) is 7.00. The first-order valence-electron chi connectivity index (χ1n) is 9.99. The van der Waals surface area contributed by atoms with E-state index in [1.165, 1.54) is 0 Å². The first-order chi connectivity index (χ1) is 15.2. The third-order valence-electron chi connectivity index (χ3n) is 4.97. The largest absolute Gasteiger partial charge is 0.493 e. The Morgan fingerprint density at radius 3 is 2.58 bits per heavy atom. The number of para-hydroxylation sites is 1. The Bertz CT molecular complexity index is 1350. The molecule has 6 nitrogen and oxygen atoms in total. The van der Waals surface area contributed by atoms with Crippen molar-refractivity contribution in [1.29, 1.82) is 0 Å². The first-order valence-corrected chi connectivity index (χ1v) is 9.99. The Balaban J connectivity index is 1.37. The Kier molecular flexibility index (Phi) is 4.88. The van der Waals surface area contributed by atoms with Gasteiger partial charge in [-0.25, -0.2) is 4.79 Å². The molecule has 31 heavy (non-hydrogen) atoms. The number of furan rings is 1. The van der Waals surface area contributed by atoms with E-state index < -0.39 is 5.97 Å². The maximum atomic E-state index is 12.9. The van der Waals surface area contributed by atoms with E-state index >= 15 is 0 Å². The first kappa shape index (κ1) is 18.9. The number of hydrogen-bond donors (Lipinski definition) is 0. The number of ether oxygens (including phenoxy) is 2. The van der Waals surface area contributed by atoms with E-state index in [4.69, 9.17) is 18.4 Å². The van der Waals surface area contributed by atoms with Gasteiger partial charge in [-0.3, -0.25) is 0 Å². The van der Waals surface area contributed by atoms with Gasteiger partial charge in [-0.15, -0.1) is 0 Å². The summed E-state index contributed by atoms with van der Waals surface area (Å²) >= 11 is 0. The average molecular weight is 413 g/mol. The normalized spacial score (nSPS) is 11.1. The van der Waals surface area contributed by atoms with Crippen molar-refractivity contribution in [3.05, 3.63) is 84.1 Å². The Morgan fingerprint density at radius 2 is 1.74 bits per heavy atom. The number of fused-ring (bicyclic) bond motifs is 2. The van der Waals surface area contributed by atoms with Crippen molar-refractivity contribution in [2.75, 3.05) is 6.61 Å². The topological polar surface area (TPSA) is 74.7 Å². The third-order valence-corrected chi connectivity index (χ3v) is 4.97. The number of rotatable bonds is 6. The van der Waals surface area contributed by atoms with Crippen molar-refractivity contribution >= 4 is 27.7 Å². The summed E-state index contributed by atoms with van der Waals surface area (Å²) in [5.41, 5.74) is 1.66. The zero-order valence-electron chi connectivity index (χ0n) is 16.8. The molecule has 5 rings (SSSR count). The van der Waals surface area contributed by atoms with Gasteiger partial charge in [-0.05, 0) is 35.9 Å². The summed E-state index contributed by atoms with van der Waals surface area (Å²) in [5, 5.41) is 6.70. The quantitative estimate of drug-likeness (QED) is 0.318. The van der Waals surface area contributed by atoms with Gasteiger partial charge in [0.25, 0.3) is 0 Å².